The fourth-order valence-corrected chi connectivity index (χ4v) is 3.14. The van der Waals surface area contributed by atoms with Gasteiger partial charge in [0.25, 0.3) is 0 Å². The van der Waals surface area contributed by atoms with Gasteiger partial charge in [0.1, 0.15) is 0 Å². The highest BCUT2D eigenvalue weighted by Gasteiger charge is 2.11. The Balaban J connectivity index is 1.92. The molecule has 3 rings (SSSR count). The number of halogens is 1. The van der Waals surface area contributed by atoms with Crippen molar-refractivity contribution in [1.29, 1.82) is 0 Å². The number of oxime groups is 1. The molecule has 0 atom stereocenters. The summed E-state index contributed by atoms with van der Waals surface area (Å²) in [5, 5.41) is 5.82. The lowest BCUT2D eigenvalue weighted by atomic mass is 10.2. The zero-order chi connectivity index (χ0) is 11.0. The first-order valence-corrected chi connectivity index (χ1v) is 6.58. The Morgan fingerprint density at radius 3 is 3.12 bits per heavy atom. The van der Waals surface area contributed by atoms with E-state index in [0.29, 0.717) is 0 Å². The molecule has 1 aromatic heterocycles. The minimum Gasteiger partial charge on any atom is -0.297 e. The normalized spacial score (nSPS) is 14.7. The molecule has 82 valence electrons. The van der Waals surface area contributed by atoms with E-state index in [9.17, 15) is 0 Å². The highest BCUT2D eigenvalue weighted by atomic mass is 35.5. The molecule has 16 heavy (non-hydrogen) atoms. The molecule has 6 heteroatoms. The van der Waals surface area contributed by atoms with E-state index in [1.807, 2.05) is 18.2 Å². The van der Waals surface area contributed by atoms with E-state index in [1.165, 1.54) is 15.0 Å². The van der Waals surface area contributed by atoms with Crippen LogP contribution in [0.4, 0.5) is 0 Å². The Morgan fingerprint density at radius 1 is 1.38 bits per heavy atom. The molecule has 2 aromatic rings. The summed E-state index contributed by atoms with van der Waals surface area (Å²) in [6, 6.07) is 8.07. The molecule has 0 amide bonds. The van der Waals surface area contributed by atoms with Gasteiger partial charge in [-0.15, -0.1) is 11.3 Å². The maximum atomic E-state index is 5.94. The lowest BCUT2D eigenvalue weighted by Gasteiger charge is -1.92. The van der Waals surface area contributed by atoms with Crippen LogP contribution in [0.5, 0.6) is 0 Å². The smallest absolute Gasteiger partial charge is 0.208 e. The first-order chi connectivity index (χ1) is 7.81. The Hall–Kier alpha value is -0.910. The van der Waals surface area contributed by atoms with Crippen molar-refractivity contribution in [3.8, 4) is 0 Å². The molecule has 0 fully saturated rings. The number of fused-ring (bicyclic) bond motifs is 1. The van der Waals surface area contributed by atoms with Crippen molar-refractivity contribution in [3.63, 3.8) is 0 Å². The van der Waals surface area contributed by atoms with Crippen molar-refractivity contribution in [2.45, 2.75) is 6.42 Å². The quantitative estimate of drug-likeness (QED) is 0.669. The molecule has 0 unspecified atom stereocenters. The predicted octanol–water partition coefficient (Wildman–Crippen LogP) is 3.59. The van der Waals surface area contributed by atoms with Gasteiger partial charge in [-0.3, -0.25) is 9.01 Å². The van der Waals surface area contributed by atoms with E-state index in [2.05, 4.69) is 15.9 Å². The van der Waals surface area contributed by atoms with Crippen molar-refractivity contribution in [2.24, 2.45) is 5.16 Å². The van der Waals surface area contributed by atoms with Crippen LogP contribution >= 0.6 is 35.2 Å². The van der Waals surface area contributed by atoms with Gasteiger partial charge in [-0.25, -0.2) is 0 Å². The monoisotopic (exact) mass is 270 g/mol. The summed E-state index contributed by atoms with van der Waals surface area (Å²) in [4.78, 5) is 1.25. The Bertz CT molecular complexity index is 567. The van der Waals surface area contributed by atoms with Gasteiger partial charge in [0, 0.05) is 21.0 Å². The van der Waals surface area contributed by atoms with Crippen molar-refractivity contribution in [2.75, 3.05) is 0 Å². The summed E-state index contributed by atoms with van der Waals surface area (Å²) in [6.45, 7) is 0. The molecular weight excluding hydrogens is 264 g/mol. The van der Waals surface area contributed by atoms with Gasteiger partial charge in [-0.05, 0) is 29.7 Å². The molecule has 1 aliphatic rings. The number of nitrogens with zero attached hydrogens (tertiary/aromatic N) is 1. The molecule has 1 N–H and O–H groups in total. The van der Waals surface area contributed by atoms with Gasteiger partial charge in [0.15, 0.2) is 5.84 Å². The number of nitrogens with one attached hydrogen (secondary N) is 1. The number of hydrogen-bond acceptors (Lipinski definition) is 5. The zero-order valence-corrected chi connectivity index (χ0v) is 10.5. The van der Waals surface area contributed by atoms with E-state index in [1.54, 1.807) is 11.3 Å². The molecule has 0 radical (unpaired) electrons. The number of rotatable bonds is 2. The van der Waals surface area contributed by atoms with Gasteiger partial charge in [0.05, 0.1) is 0 Å². The van der Waals surface area contributed by atoms with Crippen molar-refractivity contribution in [1.82, 2.24) is 4.72 Å². The van der Waals surface area contributed by atoms with Crippen LogP contribution in [0.25, 0.3) is 10.1 Å². The third-order valence-corrected chi connectivity index (χ3v) is 4.03. The second-order valence-corrected chi connectivity index (χ2v) is 5.49. The number of amidine groups is 1. The zero-order valence-electron chi connectivity index (χ0n) is 8.07. The summed E-state index contributed by atoms with van der Waals surface area (Å²) in [6.07, 6.45) is 0.768. The predicted molar refractivity (Wildman–Crippen MR) is 69.8 cm³/mol. The molecule has 0 saturated heterocycles. The third-order valence-electron chi connectivity index (χ3n) is 2.22. The molecule has 0 bridgehead atoms. The molecule has 0 saturated carbocycles. The highest BCUT2D eigenvalue weighted by molar-refractivity contribution is 7.93. The second kappa shape index (κ2) is 4.16. The van der Waals surface area contributed by atoms with E-state index in [4.69, 9.17) is 15.9 Å². The fraction of sp³-hybridized carbons (Fsp3) is 0.100. The van der Waals surface area contributed by atoms with Crippen LogP contribution in [0.1, 0.15) is 4.88 Å². The van der Waals surface area contributed by atoms with Crippen LogP contribution in [0, 0.1) is 0 Å². The minimum absolute atomic E-state index is 0.768. The summed E-state index contributed by atoms with van der Waals surface area (Å²) in [5.41, 5.74) is 0. The Morgan fingerprint density at radius 2 is 2.31 bits per heavy atom. The molecular formula is C10H7ClN2OS2. The van der Waals surface area contributed by atoms with E-state index in [0.717, 1.165) is 29.5 Å². The largest absolute Gasteiger partial charge is 0.297 e. The first kappa shape index (κ1) is 10.3. The number of hydrogen-bond donors (Lipinski definition) is 1. The topological polar surface area (TPSA) is 33.6 Å². The van der Waals surface area contributed by atoms with Crippen molar-refractivity contribution < 1.29 is 4.28 Å². The standard InChI is InChI=1S/C10H7ClN2OS2/c11-7-1-2-9-6(3-7)4-8(15-9)5-10-12-14-16-13-10/h1-4H,5H2,(H,12,13). The van der Waals surface area contributed by atoms with Crippen LogP contribution in [-0.2, 0) is 10.7 Å². The van der Waals surface area contributed by atoms with Gasteiger partial charge >= 0.3 is 0 Å². The summed E-state index contributed by atoms with van der Waals surface area (Å²) in [7, 11) is 0. The molecule has 0 aliphatic carbocycles. The molecule has 2 heterocycles. The van der Waals surface area contributed by atoms with Crippen molar-refractivity contribution in [3.05, 3.63) is 34.2 Å². The summed E-state index contributed by atoms with van der Waals surface area (Å²) >= 11 is 8.83. The van der Waals surface area contributed by atoms with E-state index in [-0.39, 0.29) is 0 Å². The minimum atomic E-state index is 0.768. The highest BCUT2D eigenvalue weighted by Crippen LogP contribution is 2.28. The Labute approximate surface area is 106 Å². The second-order valence-electron chi connectivity index (χ2n) is 3.37. The van der Waals surface area contributed by atoms with Crippen LogP contribution < -0.4 is 4.72 Å². The van der Waals surface area contributed by atoms with Crippen LogP contribution in [0.15, 0.2) is 29.4 Å². The lowest BCUT2D eigenvalue weighted by molar-refractivity contribution is 0.415. The third kappa shape index (κ3) is 1.98. The van der Waals surface area contributed by atoms with Gasteiger partial charge in [-0.2, -0.15) is 0 Å². The van der Waals surface area contributed by atoms with Gasteiger partial charge in [0.2, 0.25) is 12.2 Å². The number of thiophene rings is 1. The molecule has 1 aliphatic heterocycles. The maximum Gasteiger partial charge on any atom is 0.208 e. The molecule has 3 nitrogen and oxygen atoms in total. The Kier molecular flexibility index (Phi) is 2.67. The van der Waals surface area contributed by atoms with Crippen LogP contribution in [-0.4, -0.2) is 5.84 Å². The van der Waals surface area contributed by atoms with E-state index >= 15 is 0 Å². The van der Waals surface area contributed by atoms with Crippen LogP contribution in [0.2, 0.25) is 5.02 Å². The van der Waals surface area contributed by atoms with Crippen molar-refractivity contribution >= 4 is 51.1 Å². The fourth-order valence-electron chi connectivity index (χ4n) is 1.54. The SMILES string of the molecule is Clc1ccc2sc(CC3=NOSN3)cc2c1. The molecule has 1 aromatic carbocycles. The lowest BCUT2D eigenvalue weighted by Crippen LogP contribution is -2.12. The van der Waals surface area contributed by atoms with Crippen LogP contribution in [0.3, 0.4) is 0 Å². The average molecular weight is 271 g/mol. The summed E-state index contributed by atoms with van der Waals surface area (Å²) < 4.78 is 9.03. The van der Waals surface area contributed by atoms with Gasteiger partial charge < -0.3 is 0 Å². The average Bonchev–Trinajstić information content (AvgIpc) is 2.86. The maximum absolute atomic E-state index is 5.94. The summed E-state index contributed by atoms with van der Waals surface area (Å²) in [5.74, 6) is 0.850. The van der Waals surface area contributed by atoms with E-state index < -0.39 is 0 Å². The first-order valence-electron chi connectivity index (χ1n) is 4.65. The van der Waals surface area contributed by atoms with Gasteiger partial charge in [-0.1, -0.05) is 16.8 Å². The number of benzene rings is 1. The molecule has 0 spiro atoms.